The van der Waals surface area contributed by atoms with Crippen molar-refractivity contribution in [2.24, 2.45) is 0 Å². The van der Waals surface area contributed by atoms with Gasteiger partial charge >= 0.3 is 0 Å². The molecule has 0 radical (unpaired) electrons. The Morgan fingerprint density at radius 2 is 1.12 bits per heavy atom. The van der Waals surface area contributed by atoms with E-state index in [0.717, 1.165) is 5.56 Å². The van der Waals surface area contributed by atoms with Gasteiger partial charge in [-0.2, -0.15) is 0 Å². The number of hydrogen-bond donors (Lipinski definition) is 0. The molecule has 0 heteroatoms. The molecule has 0 bridgehead atoms. The molecule has 0 atom stereocenters. The molecule has 0 fully saturated rings. The Morgan fingerprint density at radius 3 is 1.69 bits per heavy atom. The molecule has 16 heavy (non-hydrogen) atoms. The largest absolute Gasteiger partial charge is 0.0985 e. The molecule has 78 valence electrons. The highest BCUT2D eigenvalue weighted by Gasteiger charge is 1.88. The first kappa shape index (κ1) is 10.4. The zero-order chi connectivity index (χ0) is 11.2. The van der Waals surface area contributed by atoms with E-state index in [1.807, 2.05) is 24.3 Å². The van der Waals surface area contributed by atoms with Crippen LogP contribution in [0.5, 0.6) is 0 Å². The highest BCUT2D eigenvalue weighted by Crippen LogP contribution is 2.10. The fourth-order valence-electron chi connectivity index (χ4n) is 1.50. The highest BCUT2D eigenvalue weighted by molar-refractivity contribution is 5.70. The molecule has 0 aliphatic heterocycles. The van der Waals surface area contributed by atoms with Crippen LogP contribution in [0.3, 0.4) is 0 Å². The van der Waals surface area contributed by atoms with Crippen molar-refractivity contribution in [3.8, 4) is 0 Å². The monoisotopic (exact) mass is 206 g/mol. The first-order valence-electron chi connectivity index (χ1n) is 5.34. The van der Waals surface area contributed by atoms with Gasteiger partial charge in [-0.05, 0) is 16.7 Å². The Morgan fingerprint density at radius 1 is 0.625 bits per heavy atom. The van der Waals surface area contributed by atoms with Crippen LogP contribution in [-0.4, -0.2) is 0 Å². The maximum Gasteiger partial charge on any atom is -0.0256 e. The summed E-state index contributed by atoms with van der Waals surface area (Å²) >= 11 is 0. The molecule has 0 aromatic heterocycles. The van der Waals surface area contributed by atoms with Crippen LogP contribution in [0, 0.1) is 0 Å². The highest BCUT2D eigenvalue weighted by atomic mass is 13.9. The summed E-state index contributed by atoms with van der Waals surface area (Å²) in [7, 11) is 0. The topological polar surface area (TPSA) is 0 Å². The Kier molecular flexibility index (Phi) is 3.35. The molecule has 2 aromatic rings. The molecule has 0 heterocycles. The predicted octanol–water partition coefficient (Wildman–Crippen LogP) is 4.50. The van der Waals surface area contributed by atoms with Crippen LogP contribution in [0.1, 0.15) is 16.7 Å². The lowest BCUT2D eigenvalue weighted by Crippen LogP contribution is -1.74. The van der Waals surface area contributed by atoms with E-state index in [2.05, 4.69) is 55.1 Å². The van der Waals surface area contributed by atoms with E-state index in [-0.39, 0.29) is 0 Å². The van der Waals surface area contributed by atoms with Crippen LogP contribution >= 0.6 is 0 Å². The maximum absolute atomic E-state index is 3.74. The van der Waals surface area contributed by atoms with E-state index < -0.39 is 0 Å². The fraction of sp³-hybridized carbons (Fsp3) is 0. The fourth-order valence-corrected chi connectivity index (χ4v) is 1.50. The molecule has 0 spiro atoms. The molecule has 0 nitrogen and oxygen atoms in total. The molecule has 0 unspecified atom stereocenters. The molecular weight excluding hydrogens is 192 g/mol. The van der Waals surface area contributed by atoms with E-state index >= 15 is 0 Å². The smallest absolute Gasteiger partial charge is 0.0256 e. The van der Waals surface area contributed by atoms with Gasteiger partial charge in [0.15, 0.2) is 0 Å². The number of hydrogen-bond acceptors (Lipinski definition) is 0. The van der Waals surface area contributed by atoms with Gasteiger partial charge in [-0.25, -0.2) is 0 Å². The van der Waals surface area contributed by atoms with Gasteiger partial charge in [-0.15, -0.1) is 0 Å². The summed E-state index contributed by atoms with van der Waals surface area (Å²) in [6.07, 6.45) is 6.08. The lowest BCUT2D eigenvalue weighted by atomic mass is 10.1. The van der Waals surface area contributed by atoms with Gasteiger partial charge in [0.25, 0.3) is 0 Å². The molecule has 0 aliphatic carbocycles. The maximum atomic E-state index is 3.74. The summed E-state index contributed by atoms with van der Waals surface area (Å²) in [5.41, 5.74) is 3.57. The summed E-state index contributed by atoms with van der Waals surface area (Å²) in [5, 5.41) is 0. The molecule has 0 N–H and O–H groups in total. The minimum atomic E-state index is 1.15. The Balaban J connectivity index is 2.14. The van der Waals surface area contributed by atoms with Gasteiger partial charge in [0, 0.05) is 0 Å². The van der Waals surface area contributed by atoms with Crippen molar-refractivity contribution < 1.29 is 0 Å². The summed E-state index contributed by atoms with van der Waals surface area (Å²) in [4.78, 5) is 0. The first-order valence-corrected chi connectivity index (χ1v) is 5.34. The van der Waals surface area contributed by atoms with Crippen molar-refractivity contribution in [3.63, 3.8) is 0 Å². The summed E-state index contributed by atoms with van der Waals surface area (Å²) in [6, 6.07) is 18.6. The van der Waals surface area contributed by atoms with E-state index in [4.69, 9.17) is 0 Å². The summed E-state index contributed by atoms with van der Waals surface area (Å²) in [5.74, 6) is 0. The third kappa shape index (κ3) is 2.71. The first-order chi connectivity index (χ1) is 7.88. The number of benzene rings is 2. The standard InChI is InChI=1S/C16H14/c1-2-14-8-10-16(11-9-14)13-12-15-6-4-3-5-7-15/h2-13H,1H2. The van der Waals surface area contributed by atoms with Gasteiger partial charge in [0.2, 0.25) is 0 Å². The van der Waals surface area contributed by atoms with Crippen molar-refractivity contribution in [3.05, 3.63) is 77.9 Å². The van der Waals surface area contributed by atoms with Crippen molar-refractivity contribution in [1.29, 1.82) is 0 Å². The summed E-state index contributed by atoms with van der Waals surface area (Å²) in [6.45, 7) is 3.74. The molecule has 0 saturated heterocycles. The SMILES string of the molecule is C=Cc1ccc(C=Cc2ccccc2)cc1. The molecular formula is C16H14. The number of rotatable bonds is 3. The van der Waals surface area contributed by atoms with E-state index in [0.29, 0.717) is 0 Å². The molecule has 2 aromatic carbocycles. The van der Waals surface area contributed by atoms with Gasteiger partial charge < -0.3 is 0 Å². The normalized spacial score (nSPS) is 10.5. The second-order valence-corrected chi connectivity index (χ2v) is 3.61. The Bertz CT molecular complexity index is 475. The van der Waals surface area contributed by atoms with Gasteiger partial charge in [-0.3, -0.25) is 0 Å². The van der Waals surface area contributed by atoms with Crippen molar-refractivity contribution in [2.45, 2.75) is 0 Å². The lowest BCUT2D eigenvalue weighted by Gasteiger charge is -1.95. The summed E-state index contributed by atoms with van der Waals surface area (Å²) < 4.78 is 0. The predicted molar refractivity (Wildman–Crippen MR) is 71.9 cm³/mol. The van der Waals surface area contributed by atoms with Crippen LogP contribution in [-0.2, 0) is 0 Å². The second-order valence-electron chi connectivity index (χ2n) is 3.61. The van der Waals surface area contributed by atoms with Crippen LogP contribution in [0.4, 0.5) is 0 Å². The van der Waals surface area contributed by atoms with Crippen LogP contribution in [0.25, 0.3) is 18.2 Å². The molecule has 0 amide bonds. The Hall–Kier alpha value is -2.08. The van der Waals surface area contributed by atoms with Gasteiger partial charge in [0.05, 0.1) is 0 Å². The lowest BCUT2D eigenvalue weighted by molar-refractivity contribution is 1.62. The minimum Gasteiger partial charge on any atom is -0.0985 e. The van der Waals surface area contributed by atoms with E-state index in [1.54, 1.807) is 0 Å². The van der Waals surface area contributed by atoms with Crippen LogP contribution in [0.15, 0.2) is 61.2 Å². The van der Waals surface area contributed by atoms with Crippen LogP contribution < -0.4 is 0 Å². The van der Waals surface area contributed by atoms with Crippen LogP contribution in [0.2, 0.25) is 0 Å². The van der Waals surface area contributed by atoms with Crippen molar-refractivity contribution in [2.75, 3.05) is 0 Å². The second kappa shape index (κ2) is 5.13. The average molecular weight is 206 g/mol. The van der Waals surface area contributed by atoms with E-state index in [1.165, 1.54) is 11.1 Å². The zero-order valence-corrected chi connectivity index (χ0v) is 9.14. The molecule has 0 saturated carbocycles. The third-order valence-electron chi connectivity index (χ3n) is 2.44. The quantitative estimate of drug-likeness (QED) is 0.648. The van der Waals surface area contributed by atoms with E-state index in [9.17, 15) is 0 Å². The zero-order valence-electron chi connectivity index (χ0n) is 9.14. The molecule has 2 rings (SSSR count). The van der Waals surface area contributed by atoms with Gasteiger partial charge in [-0.1, -0.05) is 79.4 Å². The molecule has 0 aliphatic rings. The van der Waals surface area contributed by atoms with Gasteiger partial charge in [0.1, 0.15) is 0 Å². The van der Waals surface area contributed by atoms with Crippen molar-refractivity contribution in [1.82, 2.24) is 0 Å². The minimum absolute atomic E-state index is 1.15. The van der Waals surface area contributed by atoms with Crippen molar-refractivity contribution >= 4 is 18.2 Å². The average Bonchev–Trinajstić information content (AvgIpc) is 2.38. The third-order valence-corrected chi connectivity index (χ3v) is 2.44. The Labute approximate surface area is 96.6 Å².